The van der Waals surface area contributed by atoms with Gasteiger partial charge in [-0.05, 0) is 94.4 Å². The molecule has 0 aromatic heterocycles. The molecule has 0 aliphatic heterocycles. The van der Waals surface area contributed by atoms with E-state index < -0.39 is 242 Å². The zero-order valence-electron chi connectivity index (χ0n) is 63.4. The summed E-state index contributed by atoms with van der Waals surface area (Å²) >= 11 is 0. The van der Waals surface area contributed by atoms with E-state index >= 15 is 0 Å². The third-order valence-electron chi connectivity index (χ3n) is 17.1. The molecule has 620 valence electrons. The number of carboxylic acids is 5. The van der Waals surface area contributed by atoms with Crippen molar-refractivity contribution >= 4 is 119 Å². The third kappa shape index (κ3) is 40.8. The lowest BCUT2D eigenvalue weighted by molar-refractivity contribution is -0.143. The number of guanidine groups is 2. The Balaban J connectivity index is 3.66. The van der Waals surface area contributed by atoms with Crippen molar-refractivity contribution in [3.05, 3.63) is 35.9 Å². The Kier molecular flexibility index (Phi) is 45.1. The Morgan fingerprint density at radius 1 is 0.378 bits per heavy atom. The molecule has 0 saturated heterocycles. The number of aliphatic imine (C=N–C) groups is 2. The van der Waals surface area contributed by atoms with Gasteiger partial charge in [-0.15, -0.1) is 0 Å². The molecular weight excluding hydrogens is 1460 g/mol. The lowest BCUT2D eigenvalue weighted by atomic mass is 9.97. The number of carbonyl (C=O) groups is 18. The second-order valence-corrected chi connectivity index (χ2v) is 26.9. The quantitative estimate of drug-likeness (QED) is 0.0165. The minimum atomic E-state index is -1.99. The number of hydrogen-bond acceptors (Lipinski definition) is 20. The van der Waals surface area contributed by atoms with Gasteiger partial charge in [0.05, 0.1) is 13.0 Å². The van der Waals surface area contributed by atoms with Gasteiger partial charge in [-0.2, -0.15) is 0 Å². The molecule has 1 aromatic carbocycles. The largest absolute Gasteiger partial charge is 0.481 e. The molecule has 13 atom stereocenters. The SMILES string of the molecule is CC[C@H](C)[C@H](NC(=O)CCCCC(=O)O)C(=O)N[C@@H](C)C(=O)N[C@@H](CCC(N)=O)C(=O)N[C@@H](CCC(=O)O)C(=O)N[C@@H](CC(C)C)C(=O)N[C@@H](CCCN=C(N)N)C(=O)N[C@@H](CCCN=C(N)N)C(=O)N[C@H](C(=O)NCC(=O)N[C@@H](CC(=O)O)C(=O)N[C@@H](CCC(=O)O)C(=O)N[C@@H](Cc1ccccc1)C(=O)O)[C@@H](C)CC. The van der Waals surface area contributed by atoms with Gasteiger partial charge in [0.2, 0.25) is 76.8 Å². The zero-order valence-corrected chi connectivity index (χ0v) is 63.4. The molecule has 0 spiro atoms. The maximum absolute atomic E-state index is 14.7. The monoisotopic (exact) mass is 1570 g/mol. The second kappa shape index (κ2) is 51.5. The normalized spacial score (nSPS) is 14.4. The maximum atomic E-state index is 14.7. The van der Waals surface area contributed by atoms with Crippen LogP contribution in [0.3, 0.4) is 0 Å². The van der Waals surface area contributed by atoms with E-state index in [-0.39, 0.29) is 95.6 Å². The number of carbonyl (C=O) groups excluding carboxylic acids is 13. The molecule has 0 unspecified atom stereocenters. The van der Waals surface area contributed by atoms with E-state index in [4.69, 9.17) is 33.8 Å². The number of aliphatic carboxylic acids is 5. The van der Waals surface area contributed by atoms with Crippen molar-refractivity contribution in [3.63, 3.8) is 0 Å². The molecule has 13 amide bonds. The summed E-state index contributed by atoms with van der Waals surface area (Å²) in [7, 11) is 0. The lowest BCUT2D eigenvalue weighted by Gasteiger charge is -2.29. The van der Waals surface area contributed by atoms with Gasteiger partial charge in [0, 0.05) is 51.6 Å². The number of nitrogens with zero attached hydrogens (tertiary/aromatic N) is 2. The Morgan fingerprint density at radius 3 is 1.20 bits per heavy atom. The van der Waals surface area contributed by atoms with Crippen LogP contribution in [0.4, 0.5) is 0 Å². The topological polar surface area (TPSA) is 708 Å². The van der Waals surface area contributed by atoms with E-state index in [1.54, 1.807) is 65.0 Å². The maximum Gasteiger partial charge on any atom is 0.326 e. The first-order valence-electron chi connectivity index (χ1n) is 36.2. The van der Waals surface area contributed by atoms with Crippen molar-refractivity contribution < 1.29 is 112 Å². The van der Waals surface area contributed by atoms with Gasteiger partial charge in [-0.3, -0.25) is 91.5 Å². The number of rotatable bonds is 56. The van der Waals surface area contributed by atoms with Crippen LogP contribution in [0.2, 0.25) is 0 Å². The highest BCUT2D eigenvalue weighted by molar-refractivity contribution is 6.00. The van der Waals surface area contributed by atoms with E-state index in [0.717, 1.165) is 0 Å². The minimum absolute atomic E-state index is 0.0221. The molecule has 0 heterocycles. The lowest BCUT2D eigenvalue weighted by Crippen LogP contribution is -2.60. The van der Waals surface area contributed by atoms with Crippen molar-refractivity contribution in [3.8, 4) is 0 Å². The summed E-state index contributed by atoms with van der Waals surface area (Å²) in [5.41, 5.74) is 28.1. The minimum Gasteiger partial charge on any atom is -0.481 e. The highest BCUT2D eigenvalue weighted by Crippen LogP contribution is 2.16. The standard InChI is InChI=1S/C69H111N19O23/c1-8-36(5)55(65(108)77-34-50(91)79-46(33-54(98)99)64(107)84-44(25-28-53(96)97)61(104)86-47(67(110)111)32-39-17-11-10-12-18-39)88-62(105)41(20-16-30-76-69(73)74)81-58(101)40(19-15-29-75-68(71)72)82-63(106)45(31-35(3)4)85-60(103)43(24-27-52(94)95)83-59(102)42(23-26-48(70)89)80-57(100)38(7)78-66(109)56(37(6)9-2)87-49(90)21-13-14-22-51(92)93/h10-12,17-18,35-38,40-47,55-56H,8-9,13-16,19-34H2,1-7H3,(H2,70,89)(H,77,108)(H,78,109)(H,79,91)(H,80,100)(H,81,101)(H,82,106)(H,83,102)(H,84,107)(H,85,103)(H,86,104)(H,87,90)(H,88,105)(H,92,93)(H,94,95)(H,96,97)(H,98,99)(H,110,111)(H4,71,72,75)(H4,73,74,76)/t36-,37-,38-,40-,41-,42-,43-,44-,45-,46-,47-,55-,56-/m0/s1. The first-order chi connectivity index (χ1) is 52.1. The number of unbranched alkanes of at least 4 members (excludes halogenated alkanes) is 1. The molecule has 1 rings (SSSR count). The molecule has 0 aliphatic rings. The van der Waals surface area contributed by atoms with E-state index in [1.165, 1.54) is 13.8 Å². The number of hydrogen-bond donors (Lipinski definition) is 22. The predicted octanol–water partition coefficient (Wildman–Crippen LogP) is -4.86. The van der Waals surface area contributed by atoms with Gasteiger partial charge in [0.25, 0.3) is 0 Å². The molecule has 0 saturated carbocycles. The Morgan fingerprint density at radius 2 is 0.775 bits per heavy atom. The van der Waals surface area contributed by atoms with Gasteiger partial charge in [-0.1, -0.05) is 84.7 Å². The average Bonchev–Trinajstić information content (AvgIpc) is 0.877. The third-order valence-corrected chi connectivity index (χ3v) is 17.1. The van der Waals surface area contributed by atoms with Crippen molar-refractivity contribution in [2.24, 2.45) is 56.4 Å². The summed E-state index contributed by atoms with van der Waals surface area (Å²) in [6.07, 6.45) is -5.23. The Labute approximate surface area is 640 Å². The summed E-state index contributed by atoms with van der Waals surface area (Å²) in [4.78, 5) is 246. The molecule has 0 bridgehead atoms. The van der Waals surface area contributed by atoms with E-state index in [1.807, 2.05) is 0 Å². The smallest absolute Gasteiger partial charge is 0.326 e. The Hall–Kier alpha value is -11.8. The molecule has 0 aliphatic carbocycles. The number of primary amides is 1. The van der Waals surface area contributed by atoms with Crippen LogP contribution >= 0.6 is 0 Å². The number of amides is 13. The van der Waals surface area contributed by atoms with E-state index in [2.05, 4.69) is 73.8 Å². The summed E-state index contributed by atoms with van der Waals surface area (Å²) < 4.78 is 0. The molecule has 111 heavy (non-hydrogen) atoms. The Bertz CT molecular complexity index is 3430. The first-order valence-corrected chi connectivity index (χ1v) is 36.2. The van der Waals surface area contributed by atoms with Gasteiger partial charge >= 0.3 is 29.8 Å². The number of benzene rings is 1. The number of carboxylic acid groups (broad SMARTS) is 5. The summed E-state index contributed by atoms with van der Waals surface area (Å²) in [5.74, 6) is -22.8. The van der Waals surface area contributed by atoms with Crippen LogP contribution in [0.1, 0.15) is 170 Å². The number of nitrogens with one attached hydrogen (secondary N) is 12. The van der Waals surface area contributed by atoms with Crippen LogP contribution in [0, 0.1) is 17.8 Å². The molecular formula is C69H111N19O23. The number of nitrogens with two attached hydrogens (primary N) is 5. The van der Waals surface area contributed by atoms with Crippen LogP contribution in [0.15, 0.2) is 40.3 Å². The fraction of sp³-hybridized carbons (Fsp3) is 0.623. The summed E-state index contributed by atoms with van der Waals surface area (Å²) in [5, 5.41) is 76.6. The second-order valence-electron chi connectivity index (χ2n) is 26.9. The van der Waals surface area contributed by atoms with Gasteiger partial charge in [0.15, 0.2) is 11.9 Å². The van der Waals surface area contributed by atoms with Crippen LogP contribution in [-0.2, 0) is 92.7 Å². The van der Waals surface area contributed by atoms with E-state index in [9.17, 15) is 107 Å². The molecule has 42 heteroatoms. The van der Waals surface area contributed by atoms with Crippen LogP contribution in [-0.4, -0.2) is 230 Å². The van der Waals surface area contributed by atoms with Gasteiger partial charge in [-0.25, -0.2) is 4.79 Å². The molecule has 1 aromatic rings. The summed E-state index contributed by atoms with van der Waals surface area (Å²) in [6.45, 7) is 9.89. The molecule has 0 fully saturated rings. The van der Waals surface area contributed by atoms with Crippen molar-refractivity contribution in [1.29, 1.82) is 0 Å². The van der Waals surface area contributed by atoms with E-state index in [0.29, 0.717) is 12.0 Å². The fourth-order valence-corrected chi connectivity index (χ4v) is 10.6. The van der Waals surface area contributed by atoms with Crippen molar-refractivity contribution in [2.45, 2.75) is 237 Å². The van der Waals surface area contributed by atoms with Crippen molar-refractivity contribution in [1.82, 2.24) is 63.8 Å². The fourth-order valence-electron chi connectivity index (χ4n) is 10.6. The molecule has 0 radical (unpaired) electrons. The van der Waals surface area contributed by atoms with Crippen LogP contribution < -0.4 is 92.5 Å². The highest BCUT2D eigenvalue weighted by atomic mass is 16.4. The van der Waals surface area contributed by atoms with Crippen LogP contribution in [0.25, 0.3) is 0 Å². The summed E-state index contributed by atoms with van der Waals surface area (Å²) in [6, 6.07) is -9.71. The van der Waals surface area contributed by atoms with Gasteiger partial charge < -0.3 is 118 Å². The zero-order chi connectivity index (χ0) is 84.2. The molecule has 42 nitrogen and oxygen atoms in total. The van der Waals surface area contributed by atoms with Gasteiger partial charge in [0.1, 0.15) is 66.5 Å². The first kappa shape index (κ1) is 97.2. The highest BCUT2D eigenvalue weighted by Gasteiger charge is 2.38. The molecule has 27 N–H and O–H groups in total. The predicted molar refractivity (Wildman–Crippen MR) is 396 cm³/mol. The average molecular weight is 1570 g/mol. The van der Waals surface area contributed by atoms with Crippen molar-refractivity contribution in [2.75, 3.05) is 19.6 Å². The van der Waals surface area contributed by atoms with Crippen LogP contribution in [0.5, 0.6) is 0 Å².